The van der Waals surface area contributed by atoms with Crippen LogP contribution in [0.15, 0.2) is 18.5 Å². The topological polar surface area (TPSA) is 54.7 Å². The van der Waals surface area contributed by atoms with Gasteiger partial charge in [0.05, 0.1) is 11.7 Å². The molecule has 0 bridgehead atoms. The number of anilines is 1. The number of fused-ring (bicyclic) bond motifs is 1. The first-order valence-electron chi connectivity index (χ1n) is 3.47. The number of rotatable bonds is 0. The number of aromatic nitrogens is 2. The smallest absolute Gasteiger partial charge is 0.104 e. The molecule has 0 aromatic carbocycles. The van der Waals surface area contributed by atoms with Crippen LogP contribution in [0.2, 0.25) is 0 Å². The van der Waals surface area contributed by atoms with Gasteiger partial charge in [-0.05, 0) is 18.6 Å². The first kappa shape index (κ1) is 6.22. The fraction of sp³-hybridized carbons (Fsp3) is 0.125. The van der Waals surface area contributed by atoms with Gasteiger partial charge in [0.15, 0.2) is 0 Å². The van der Waals surface area contributed by atoms with Crippen LogP contribution in [0.5, 0.6) is 0 Å². The van der Waals surface area contributed by atoms with E-state index in [0.29, 0.717) is 0 Å². The number of nitrogens with zero attached hydrogens (tertiary/aromatic N) is 1. The van der Waals surface area contributed by atoms with Gasteiger partial charge in [-0.2, -0.15) is 0 Å². The zero-order chi connectivity index (χ0) is 7.84. The maximum absolute atomic E-state index is 5.67. The zero-order valence-corrected chi connectivity index (χ0v) is 6.26. The van der Waals surface area contributed by atoms with Crippen molar-refractivity contribution in [2.24, 2.45) is 0 Å². The Morgan fingerprint density at radius 2 is 2.36 bits per heavy atom. The lowest BCUT2D eigenvalue weighted by molar-refractivity contribution is 1.34. The minimum Gasteiger partial charge on any atom is -0.385 e. The van der Waals surface area contributed by atoms with Gasteiger partial charge in [-0.15, -0.1) is 0 Å². The van der Waals surface area contributed by atoms with Crippen molar-refractivity contribution in [2.75, 3.05) is 5.73 Å². The van der Waals surface area contributed by atoms with E-state index in [1.165, 1.54) is 0 Å². The minimum atomic E-state index is 0.730. The number of pyridine rings is 1. The molecule has 0 unspecified atom stereocenters. The van der Waals surface area contributed by atoms with E-state index in [2.05, 4.69) is 9.97 Å². The summed E-state index contributed by atoms with van der Waals surface area (Å²) in [7, 11) is 0. The second kappa shape index (κ2) is 1.99. The van der Waals surface area contributed by atoms with Crippen molar-refractivity contribution in [3.05, 3.63) is 24.0 Å². The van der Waals surface area contributed by atoms with Crippen molar-refractivity contribution in [3.63, 3.8) is 0 Å². The Bertz CT molecular complexity index is 389. The van der Waals surface area contributed by atoms with E-state index >= 15 is 0 Å². The molecule has 0 atom stereocenters. The summed E-state index contributed by atoms with van der Waals surface area (Å²) in [6.07, 6.45) is 3.54. The van der Waals surface area contributed by atoms with Crippen LogP contribution >= 0.6 is 0 Å². The molecule has 2 rings (SSSR count). The highest BCUT2D eigenvalue weighted by Crippen LogP contribution is 2.21. The SMILES string of the molecule is Cc1c(N)[nH]c2cnccc12. The number of nitrogens with two attached hydrogens (primary N) is 1. The first-order valence-corrected chi connectivity index (χ1v) is 3.47. The van der Waals surface area contributed by atoms with Crippen LogP contribution < -0.4 is 5.73 Å². The van der Waals surface area contributed by atoms with Gasteiger partial charge < -0.3 is 10.7 Å². The highest BCUT2D eigenvalue weighted by atomic mass is 14.9. The molecule has 0 amide bonds. The lowest BCUT2D eigenvalue weighted by Gasteiger charge is -1.87. The highest BCUT2D eigenvalue weighted by molar-refractivity contribution is 5.86. The van der Waals surface area contributed by atoms with E-state index in [9.17, 15) is 0 Å². The van der Waals surface area contributed by atoms with Gasteiger partial charge in [0.25, 0.3) is 0 Å². The number of aryl methyl sites for hydroxylation is 1. The number of nitrogens with one attached hydrogen (secondary N) is 1. The third-order valence-electron chi connectivity index (χ3n) is 1.90. The molecule has 2 aromatic rings. The van der Waals surface area contributed by atoms with Crippen LogP contribution in [0, 0.1) is 6.92 Å². The maximum atomic E-state index is 5.67. The Kier molecular flexibility index (Phi) is 1.12. The minimum absolute atomic E-state index is 0.730. The number of hydrogen-bond donors (Lipinski definition) is 2. The predicted octanol–water partition coefficient (Wildman–Crippen LogP) is 1.45. The van der Waals surface area contributed by atoms with E-state index < -0.39 is 0 Å². The molecule has 3 heteroatoms. The van der Waals surface area contributed by atoms with E-state index in [0.717, 1.165) is 22.3 Å². The number of nitrogen functional groups attached to an aromatic ring is 1. The van der Waals surface area contributed by atoms with Gasteiger partial charge >= 0.3 is 0 Å². The van der Waals surface area contributed by atoms with Crippen molar-refractivity contribution >= 4 is 16.7 Å². The van der Waals surface area contributed by atoms with E-state index in [-0.39, 0.29) is 0 Å². The maximum Gasteiger partial charge on any atom is 0.104 e. The first-order chi connectivity index (χ1) is 5.29. The third kappa shape index (κ3) is 0.774. The summed E-state index contributed by atoms with van der Waals surface area (Å²) >= 11 is 0. The van der Waals surface area contributed by atoms with Crippen molar-refractivity contribution in [1.82, 2.24) is 9.97 Å². The molecule has 3 nitrogen and oxygen atoms in total. The Labute approximate surface area is 64.2 Å². The molecule has 0 radical (unpaired) electrons. The van der Waals surface area contributed by atoms with Crippen molar-refractivity contribution in [3.8, 4) is 0 Å². The van der Waals surface area contributed by atoms with Gasteiger partial charge in [-0.1, -0.05) is 0 Å². The summed E-state index contributed by atoms with van der Waals surface area (Å²) in [4.78, 5) is 7.02. The Balaban J connectivity index is 2.92. The molecule has 11 heavy (non-hydrogen) atoms. The summed E-state index contributed by atoms with van der Waals surface area (Å²) < 4.78 is 0. The molecular formula is C8H9N3. The second-order valence-electron chi connectivity index (χ2n) is 2.58. The quantitative estimate of drug-likeness (QED) is 0.592. The molecule has 0 aliphatic carbocycles. The van der Waals surface area contributed by atoms with Crippen LogP contribution in [0.3, 0.4) is 0 Å². The lowest BCUT2D eigenvalue weighted by atomic mass is 10.2. The highest BCUT2D eigenvalue weighted by Gasteiger charge is 2.02. The fourth-order valence-corrected chi connectivity index (χ4v) is 1.20. The zero-order valence-electron chi connectivity index (χ0n) is 6.26. The van der Waals surface area contributed by atoms with Crippen molar-refractivity contribution < 1.29 is 0 Å². The number of H-pyrrole nitrogens is 1. The molecular weight excluding hydrogens is 138 g/mol. The molecule has 0 fully saturated rings. The van der Waals surface area contributed by atoms with Gasteiger partial charge in [0.1, 0.15) is 5.82 Å². The Hall–Kier alpha value is -1.51. The van der Waals surface area contributed by atoms with Crippen LogP contribution in [0.4, 0.5) is 5.82 Å². The Morgan fingerprint density at radius 3 is 3.09 bits per heavy atom. The summed E-state index contributed by atoms with van der Waals surface area (Å²) in [5.74, 6) is 0.730. The molecule has 56 valence electrons. The monoisotopic (exact) mass is 147 g/mol. The second-order valence-corrected chi connectivity index (χ2v) is 2.58. The van der Waals surface area contributed by atoms with Gasteiger partial charge in [0, 0.05) is 11.6 Å². The Morgan fingerprint density at radius 1 is 1.55 bits per heavy atom. The average molecular weight is 147 g/mol. The third-order valence-corrected chi connectivity index (χ3v) is 1.90. The molecule has 0 saturated heterocycles. The van der Waals surface area contributed by atoms with Gasteiger partial charge in [0.2, 0.25) is 0 Å². The van der Waals surface area contributed by atoms with E-state index in [1.807, 2.05) is 13.0 Å². The number of hydrogen-bond acceptors (Lipinski definition) is 2. The standard InChI is InChI=1S/C8H9N3/c1-5-6-2-3-10-4-7(6)11-8(5)9/h2-4,11H,9H2,1H3. The average Bonchev–Trinajstić information content (AvgIpc) is 2.30. The summed E-state index contributed by atoms with van der Waals surface area (Å²) in [6.45, 7) is 1.99. The predicted molar refractivity (Wildman–Crippen MR) is 45.2 cm³/mol. The molecule has 3 N–H and O–H groups in total. The summed E-state index contributed by atoms with van der Waals surface area (Å²) in [6, 6.07) is 1.96. The number of aromatic amines is 1. The molecule has 0 saturated carbocycles. The van der Waals surface area contributed by atoms with Crippen LogP contribution in [-0.2, 0) is 0 Å². The molecule has 0 aliphatic heterocycles. The largest absolute Gasteiger partial charge is 0.385 e. The van der Waals surface area contributed by atoms with E-state index in [4.69, 9.17) is 5.73 Å². The van der Waals surface area contributed by atoms with Crippen LogP contribution in [0.1, 0.15) is 5.56 Å². The van der Waals surface area contributed by atoms with E-state index in [1.54, 1.807) is 12.4 Å². The normalized spacial score (nSPS) is 10.6. The fourth-order valence-electron chi connectivity index (χ4n) is 1.20. The van der Waals surface area contributed by atoms with Crippen LogP contribution in [0.25, 0.3) is 10.9 Å². The molecule has 0 spiro atoms. The van der Waals surface area contributed by atoms with Crippen molar-refractivity contribution in [2.45, 2.75) is 6.92 Å². The van der Waals surface area contributed by atoms with Crippen molar-refractivity contribution in [1.29, 1.82) is 0 Å². The molecule has 0 aliphatic rings. The van der Waals surface area contributed by atoms with Gasteiger partial charge in [-0.25, -0.2) is 0 Å². The summed E-state index contributed by atoms with van der Waals surface area (Å²) in [5.41, 5.74) is 7.77. The van der Waals surface area contributed by atoms with Crippen LogP contribution in [-0.4, -0.2) is 9.97 Å². The van der Waals surface area contributed by atoms with Gasteiger partial charge in [-0.3, -0.25) is 4.98 Å². The summed E-state index contributed by atoms with van der Waals surface area (Å²) in [5, 5.41) is 1.15. The molecule has 2 aromatic heterocycles. The molecule has 2 heterocycles. The lowest BCUT2D eigenvalue weighted by Crippen LogP contribution is -1.84.